The van der Waals surface area contributed by atoms with Crippen LogP contribution in [0.15, 0.2) is 61.7 Å². The number of esters is 1. The van der Waals surface area contributed by atoms with Gasteiger partial charge in [0.25, 0.3) is 5.91 Å². The lowest BCUT2D eigenvalue weighted by atomic mass is 9.95. The Labute approximate surface area is 241 Å². The topological polar surface area (TPSA) is 134 Å². The van der Waals surface area contributed by atoms with Crippen molar-refractivity contribution in [2.24, 2.45) is 5.10 Å². The van der Waals surface area contributed by atoms with Gasteiger partial charge in [-0.3, -0.25) is 4.79 Å². The maximum Gasteiger partial charge on any atom is 0.338 e. The normalized spacial score (nSPS) is 14.8. The van der Waals surface area contributed by atoms with E-state index >= 15 is 0 Å². The highest BCUT2D eigenvalue weighted by molar-refractivity contribution is 9.11. The second kappa shape index (κ2) is 13.9. The van der Waals surface area contributed by atoms with E-state index in [2.05, 4.69) is 53.0 Å². The second-order valence-corrected chi connectivity index (χ2v) is 9.79. The van der Waals surface area contributed by atoms with Crippen molar-refractivity contribution in [1.82, 2.24) is 16.1 Å². The molecule has 0 fully saturated rings. The van der Waals surface area contributed by atoms with Crippen LogP contribution < -0.4 is 25.5 Å². The molecule has 0 saturated carbocycles. The van der Waals surface area contributed by atoms with E-state index in [1.165, 1.54) is 6.21 Å². The fourth-order valence-electron chi connectivity index (χ4n) is 3.51. The zero-order chi connectivity index (χ0) is 27.7. The van der Waals surface area contributed by atoms with Gasteiger partial charge in [0, 0.05) is 11.3 Å². The predicted molar refractivity (Wildman–Crippen MR) is 152 cm³/mol. The van der Waals surface area contributed by atoms with Gasteiger partial charge in [-0.1, -0.05) is 18.2 Å². The molecule has 1 atom stereocenters. The SMILES string of the molecule is CCOC(=O)C1=C(C)NC(=S)N[C@@H]1c1ccccc1OCC(=O)NN=Cc1cc(Br)c(OCC#N)c(Br)c1. The Morgan fingerprint density at radius 2 is 1.95 bits per heavy atom. The molecule has 1 amide bonds. The molecular weight excluding hydrogens is 642 g/mol. The molecule has 1 heterocycles. The number of carbonyl (C=O) groups excluding carboxylic acids is 2. The first kappa shape index (κ1) is 29.1. The first-order valence-corrected chi connectivity index (χ1v) is 13.2. The third kappa shape index (κ3) is 7.53. The predicted octanol–water partition coefficient (Wildman–Crippen LogP) is 4.00. The molecule has 10 nitrogen and oxygen atoms in total. The third-order valence-electron chi connectivity index (χ3n) is 5.06. The molecule has 198 valence electrons. The number of ether oxygens (including phenoxy) is 3. The van der Waals surface area contributed by atoms with Crippen LogP contribution in [0.5, 0.6) is 11.5 Å². The van der Waals surface area contributed by atoms with Crippen LogP contribution >= 0.6 is 44.1 Å². The number of nitriles is 1. The Morgan fingerprint density at radius 3 is 2.63 bits per heavy atom. The van der Waals surface area contributed by atoms with Crippen LogP contribution in [0.2, 0.25) is 0 Å². The Morgan fingerprint density at radius 1 is 1.24 bits per heavy atom. The van der Waals surface area contributed by atoms with E-state index < -0.39 is 17.9 Å². The molecule has 0 bridgehead atoms. The van der Waals surface area contributed by atoms with Crippen LogP contribution in [0.4, 0.5) is 0 Å². The summed E-state index contributed by atoms with van der Waals surface area (Å²) in [7, 11) is 0. The number of carbonyl (C=O) groups is 2. The van der Waals surface area contributed by atoms with Crippen molar-refractivity contribution in [3.05, 3.63) is 67.7 Å². The van der Waals surface area contributed by atoms with Crippen LogP contribution in [0.1, 0.15) is 31.0 Å². The van der Waals surface area contributed by atoms with Gasteiger partial charge in [0.15, 0.2) is 18.3 Å². The fourth-order valence-corrected chi connectivity index (χ4v) is 5.23. The summed E-state index contributed by atoms with van der Waals surface area (Å²) in [6.45, 7) is 3.27. The number of hydrogen-bond donors (Lipinski definition) is 3. The lowest BCUT2D eigenvalue weighted by Crippen LogP contribution is -2.45. The summed E-state index contributed by atoms with van der Waals surface area (Å²) in [4.78, 5) is 25.1. The molecule has 0 saturated heterocycles. The molecule has 3 rings (SSSR count). The summed E-state index contributed by atoms with van der Waals surface area (Å²) >= 11 is 12.1. The minimum absolute atomic E-state index is 0.0930. The number of thiocarbonyl (C=S) groups is 1. The van der Waals surface area contributed by atoms with Crippen molar-refractivity contribution in [2.75, 3.05) is 19.8 Å². The van der Waals surface area contributed by atoms with Gasteiger partial charge in [0.2, 0.25) is 0 Å². The molecule has 13 heteroatoms. The van der Waals surface area contributed by atoms with Gasteiger partial charge >= 0.3 is 5.97 Å². The van der Waals surface area contributed by atoms with Gasteiger partial charge in [0.1, 0.15) is 17.6 Å². The van der Waals surface area contributed by atoms with Gasteiger partial charge in [-0.25, -0.2) is 10.2 Å². The summed E-state index contributed by atoms with van der Waals surface area (Å²) in [6, 6.07) is 11.8. The number of amides is 1. The Kier molecular flexibility index (Phi) is 10.6. The molecular formula is C25H23Br2N5O5S. The number of para-hydroxylation sites is 1. The van der Waals surface area contributed by atoms with E-state index in [0.29, 0.717) is 48.0 Å². The molecule has 0 aromatic heterocycles. The highest BCUT2D eigenvalue weighted by atomic mass is 79.9. The minimum Gasteiger partial charge on any atom is -0.483 e. The average molecular weight is 665 g/mol. The molecule has 2 aromatic carbocycles. The van der Waals surface area contributed by atoms with E-state index in [4.69, 9.17) is 31.7 Å². The fraction of sp³-hybridized carbons (Fsp3) is 0.240. The van der Waals surface area contributed by atoms with E-state index in [1.807, 2.05) is 6.07 Å². The van der Waals surface area contributed by atoms with Crippen molar-refractivity contribution in [1.29, 1.82) is 5.26 Å². The van der Waals surface area contributed by atoms with Gasteiger partial charge in [0.05, 0.1) is 33.4 Å². The summed E-state index contributed by atoms with van der Waals surface area (Å²) in [5, 5.41) is 19.0. The van der Waals surface area contributed by atoms with Gasteiger partial charge in [-0.2, -0.15) is 10.4 Å². The first-order chi connectivity index (χ1) is 18.2. The van der Waals surface area contributed by atoms with Crippen LogP contribution in [-0.2, 0) is 14.3 Å². The van der Waals surface area contributed by atoms with Gasteiger partial charge in [-0.05, 0) is 81.7 Å². The maximum absolute atomic E-state index is 12.7. The average Bonchev–Trinajstić information content (AvgIpc) is 2.87. The smallest absolute Gasteiger partial charge is 0.338 e. The summed E-state index contributed by atoms with van der Waals surface area (Å²) < 4.78 is 17.6. The quantitative estimate of drug-likeness (QED) is 0.149. The summed E-state index contributed by atoms with van der Waals surface area (Å²) in [5.74, 6) is -0.0965. The second-order valence-electron chi connectivity index (χ2n) is 7.67. The van der Waals surface area contributed by atoms with Crippen LogP contribution in [0.3, 0.4) is 0 Å². The minimum atomic E-state index is -0.628. The van der Waals surface area contributed by atoms with Crippen LogP contribution in [0.25, 0.3) is 0 Å². The van der Waals surface area contributed by atoms with Crippen molar-refractivity contribution in [3.8, 4) is 17.6 Å². The molecule has 0 unspecified atom stereocenters. The molecule has 3 N–H and O–H groups in total. The number of nitrogens with zero attached hydrogens (tertiary/aromatic N) is 2. The summed E-state index contributed by atoms with van der Waals surface area (Å²) in [6.07, 6.45) is 1.45. The molecule has 38 heavy (non-hydrogen) atoms. The Balaban J connectivity index is 1.68. The van der Waals surface area contributed by atoms with Crippen LogP contribution in [0, 0.1) is 11.3 Å². The number of nitrogens with one attached hydrogen (secondary N) is 3. The molecule has 1 aliphatic rings. The number of hydrogen-bond acceptors (Lipinski definition) is 8. The number of hydrazone groups is 1. The highest BCUT2D eigenvalue weighted by Gasteiger charge is 2.32. The largest absolute Gasteiger partial charge is 0.483 e. The molecule has 0 radical (unpaired) electrons. The lowest BCUT2D eigenvalue weighted by molar-refractivity contribution is -0.139. The number of allylic oxidation sites excluding steroid dienone is 1. The summed E-state index contributed by atoms with van der Waals surface area (Å²) in [5.41, 5.74) is 4.64. The standard InChI is InChI=1S/C25H23Br2N5O5S/c1-3-35-24(34)21-14(2)30-25(38)31-22(21)16-6-4-5-7-19(16)37-13-20(33)32-29-12-15-10-17(26)23(18(27)11-15)36-9-8-28/h4-7,10-12,22H,3,9,13H2,1-2H3,(H,32,33)(H2,30,31,38)/t22-/m1/s1. The molecule has 0 aliphatic carbocycles. The van der Waals surface area contributed by atoms with Gasteiger partial charge < -0.3 is 24.8 Å². The molecule has 2 aromatic rings. The zero-order valence-electron chi connectivity index (χ0n) is 20.3. The van der Waals surface area contributed by atoms with E-state index in [0.717, 1.165) is 0 Å². The van der Waals surface area contributed by atoms with Crippen molar-refractivity contribution in [2.45, 2.75) is 19.9 Å². The third-order valence-corrected chi connectivity index (χ3v) is 6.46. The number of benzene rings is 2. The Hall–Kier alpha value is -3.47. The van der Waals surface area contributed by atoms with E-state index in [1.54, 1.807) is 50.2 Å². The molecule has 0 spiro atoms. The lowest BCUT2D eigenvalue weighted by Gasteiger charge is -2.30. The van der Waals surface area contributed by atoms with E-state index in [-0.39, 0.29) is 19.8 Å². The monoisotopic (exact) mass is 663 g/mol. The number of rotatable bonds is 10. The van der Waals surface area contributed by atoms with Crippen LogP contribution in [-0.4, -0.2) is 43.0 Å². The van der Waals surface area contributed by atoms with Crippen molar-refractivity contribution in [3.63, 3.8) is 0 Å². The zero-order valence-corrected chi connectivity index (χ0v) is 24.3. The Bertz CT molecular complexity index is 1320. The van der Waals surface area contributed by atoms with Crippen molar-refractivity contribution >= 4 is 67.3 Å². The first-order valence-electron chi connectivity index (χ1n) is 11.2. The molecule has 1 aliphatic heterocycles. The number of halogens is 2. The highest BCUT2D eigenvalue weighted by Crippen LogP contribution is 2.35. The van der Waals surface area contributed by atoms with Gasteiger partial charge in [-0.15, -0.1) is 0 Å². The maximum atomic E-state index is 12.7. The van der Waals surface area contributed by atoms with E-state index in [9.17, 15) is 9.59 Å². The van der Waals surface area contributed by atoms with Crippen molar-refractivity contribution < 1.29 is 23.8 Å².